The molecule has 3 amide bonds. The Hall–Kier alpha value is -3.85. The number of hydrogen-bond acceptors (Lipinski definition) is 5. The lowest BCUT2D eigenvalue weighted by molar-refractivity contribution is -0.376. The lowest BCUT2D eigenvalue weighted by Gasteiger charge is -2.39. The predicted octanol–water partition coefficient (Wildman–Crippen LogP) is 3.94. The zero-order valence-electron chi connectivity index (χ0n) is 22.0. The van der Waals surface area contributed by atoms with Gasteiger partial charge in [0.25, 0.3) is 11.5 Å². The van der Waals surface area contributed by atoms with Gasteiger partial charge in [-0.1, -0.05) is 24.3 Å². The Morgan fingerprint density at radius 1 is 0.881 bits per heavy atom. The van der Waals surface area contributed by atoms with Crippen LogP contribution in [0, 0.1) is 5.92 Å². The minimum atomic E-state index is -6.01. The maximum absolute atomic E-state index is 13.1. The van der Waals surface area contributed by atoms with Crippen molar-refractivity contribution in [2.75, 3.05) is 31.5 Å². The predicted molar refractivity (Wildman–Crippen MR) is 136 cm³/mol. The van der Waals surface area contributed by atoms with Crippen LogP contribution in [0.5, 0.6) is 0 Å². The number of nitrogens with zero attached hydrogens (tertiary/aromatic N) is 2. The maximum Gasteiger partial charge on any atom is 0.430 e. The third-order valence-corrected chi connectivity index (χ3v) is 7.25. The van der Waals surface area contributed by atoms with E-state index in [4.69, 9.17) is 0 Å². The van der Waals surface area contributed by atoms with Crippen LogP contribution in [-0.4, -0.2) is 82.5 Å². The van der Waals surface area contributed by atoms with Crippen molar-refractivity contribution in [3.63, 3.8) is 0 Å². The number of carbonyl (C=O) groups is 3. The Balaban J connectivity index is 1.38. The number of aliphatic carboxylic acids is 1. The van der Waals surface area contributed by atoms with Gasteiger partial charge in [-0.05, 0) is 48.6 Å². The van der Waals surface area contributed by atoms with E-state index in [0.29, 0.717) is 30.3 Å². The molecule has 2 fully saturated rings. The molecule has 1 saturated carbocycles. The van der Waals surface area contributed by atoms with Crippen molar-refractivity contribution in [3.8, 4) is 0 Å². The second-order valence-electron chi connectivity index (χ2n) is 10.3. The summed E-state index contributed by atoms with van der Waals surface area (Å²) in [5, 5.41) is 24.7. The number of carboxylic acids is 1. The van der Waals surface area contributed by atoms with E-state index in [2.05, 4.69) is 10.6 Å². The van der Waals surface area contributed by atoms with E-state index < -0.39 is 41.4 Å². The van der Waals surface area contributed by atoms with Gasteiger partial charge in [-0.2, -0.15) is 26.3 Å². The van der Waals surface area contributed by atoms with E-state index in [0.717, 1.165) is 25.0 Å². The summed E-state index contributed by atoms with van der Waals surface area (Å²) in [6, 6.07) is 7.31. The monoisotopic (exact) mass is 602 g/mol. The van der Waals surface area contributed by atoms with Crippen molar-refractivity contribution in [2.24, 2.45) is 5.92 Å². The Morgan fingerprint density at radius 2 is 1.48 bits per heavy atom. The SMILES string of the molecule is O=C(NCC1CC1)Nc1ccc(C(=O)N2CCN(Cc3ccc(C(O)(C(F)(F)F)C(F)(F)F)cc3)CC2C(=O)O)cc1. The van der Waals surface area contributed by atoms with Gasteiger partial charge in [0.05, 0.1) is 0 Å². The van der Waals surface area contributed by atoms with Crippen LogP contribution in [0.25, 0.3) is 0 Å². The molecule has 0 radical (unpaired) electrons. The number of urea groups is 1. The minimum absolute atomic E-state index is 0.0145. The molecule has 2 aromatic carbocycles. The minimum Gasteiger partial charge on any atom is -0.480 e. The van der Waals surface area contributed by atoms with E-state index >= 15 is 0 Å². The standard InChI is InChI=1S/C27H28F6N4O5/c28-26(29,30)25(42,27(31,32)33)19-7-3-17(4-8-19)14-36-11-12-37(21(15-36)23(39)40)22(38)18-5-9-20(10-6-18)35-24(41)34-13-16-1-2-16/h3-10,16,21,42H,1-2,11-15H2,(H,39,40)(H2,34,35,41). The largest absolute Gasteiger partial charge is 0.480 e. The van der Waals surface area contributed by atoms with Crippen LogP contribution in [0.2, 0.25) is 0 Å². The molecule has 1 atom stereocenters. The molecule has 2 aromatic rings. The summed E-state index contributed by atoms with van der Waals surface area (Å²) < 4.78 is 78.8. The number of rotatable bonds is 8. The highest BCUT2D eigenvalue weighted by Crippen LogP contribution is 2.50. The first-order chi connectivity index (χ1) is 19.6. The number of carbonyl (C=O) groups excluding carboxylic acids is 2. The van der Waals surface area contributed by atoms with Crippen molar-refractivity contribution < 1.29 is 50.9 Å². The number of aliphatic hydroxyl groups is 1. The first-order valence-corrected chi connectivity index (χ1v) is 13.0. The highest BCUT2D eigenvalue weighted by molar-refractivity contribution is 5.97. The van der Waals surface area contributed by atoms with Crippen LogP contribution in [0.1, 0.15) is 34.3 Å². The Bertz CT molecular complexity index is 1280. The van der Waals surface area contributed by atoms with Crippen molar-refractivity contribution in [2.45, 2.75) is 43.4 Å². The van der Waals surface area contributed by atoms with E-state index in [1.54, 1.807) is 4.90 Å². The lowest BCUT2D eigenvalue weighted by Crippen LogP contribution is -2.58. The molecule has 15 heteroatoms. The van der Waals surface area contributed by atoms with E-state index in [-0.39, 0.29) is 43.3 Å². The van der Waals surface area contributed by atoms with Gasteiger partial charge in [-0.25, -0.2) is 9.59 Å². The van der Waals surface area contributed by atoms with Crippen LogP contribution in [0.4, 0.5) is 36.8 Å². The van der Waals surface area contributed by atoms with Crippen molar-refractivity contribution in [3.05, 3.63) is 65.2 Å². The summed E-state index contributed by atoms with van der Waals surface area (Å²) in [5.41, 5.74) is -5.54. The smallest absolute Gasteiger partial charge is 0.430 e. The highest BCUT2D eigenvalue weighted by Gasteiger charge is 2.71. The summed E-state index contributed by atoms with van der Waals surface area (Å²) in [5.74, 6) is -1.36. The third-order valence-electron chi connectivity index (χ3n) is 7.25. The molecule has 1 aliphatic carbocycles. The molecule has 4 rings (SSSR count). The molecule has 0 bridgehead atoms. The third kappa shape index (κ3) is 6.78. The molecule has 0 aromatic heterocycles. The second-order valence-corrected chi connectivity index (χ2v) is 10.3. The fourth-order valence-electron chi connectivity index (χ4n) is 4.63. The van der Waals surface area contributed by atoms with E-state index in [1.807, 2.05) is 0 Å². The zero-order chi connectivity index (χ0) is 30.9. The Morgan fingerprint density at radius 3 is 2.00 bits per heavy atom. The molecule has 1 aliphatic heterocycles. The van der Waals surface area contributed by atoms with Crippen molar-refractivity contribution in [1.29, 1.82) is 0 Å². The van der Waals surface area contributed by atoms with Crippen LogP contribution >= 0.6 is 0 Å². The van der Waals surface area contributed by atoms with Crippen molar-refractivity contribution in [1.82, 2.24) is 15.1 Å². The average molecular weight is 603 g/mol. The number of carboxylic acid groups (broad SMARTS) is 1. The molecular weight excluding hydrogens is 574 g/mol. The van der Waals surface area contributed by atoms with E-state index in [1.165, 1.54) is 29.2 Å². The fourth-order valence-corrected chi connectivity index (χ4v) is 4.63. The molecule has 1 heterocycles. The molecule has 9 nitrogen and oxygen atoms in total. The van der Waals surface area contributed by atoms with Crippen LogP contribution < -0.4 is 10.6 Å². The zero-order valence-corrected chi connectivity index (χ0v) is 22.0. The molecule has 1 saturated heterocycles. The maximum atomic E-state index is 13.1. The van der Waals surface area contributed by atoms with Gasteiger partial charge in [-0.3, -0.25) is 9.69 Å². The summed E-state index contributed by atoms with van der Waals surface area (Å²) in [7, 11) is 0. The second kappa shape index (κ2) is 11.8. The van der Waals surface area contributed by atoms with Gasteiger partial charge in [0, 0.05) is 49.5 Å². The topological polar surface area (TPSA) is 122 Å². The number of piperazine rings is 1. The average Bonchev–Trinajstić information content (AvgIpc) is 3.75. The van der Waals surface area contributed by atoms with Gasteiger partial charge in [0.2, 0.25) is 0 Å². The number of amides is 3. The highest BCUT2D eigenvalue weighted by atomic mass is 19.4. The summed E-state index contributed by atoms with van der Waals surface area (Å²) in [4.78, 5) is 39.9. The number of alkyl halides is 6. The number of anilines is 1. The Labute approximate surface area is 236 Å². The fraction of sp³-hybridized carbons (Fsp3) is 0.444. The molecular formula is C27H28F6N4O5. The summed E-state index contributed by atoms with van der Waals surface area (Å²) in [6.45, 7) is 0.562. The van der Waals surface area contributed by atoms with Gasteiger partial charge in [-0.15, -0.1) is 0 Å². The number of hydrogen-bond donors (Lipinski definition) is 4. The van der Waals surface area contributed by atoms with Crippen molar-refractivity contribution >= 4 is 23.6 Å². The number of benzene rings is 2. The summed E-state index contributed by atoms with van der Waals surface area (Å²) in [6.07, 6.45) is -9.86. The first kappa shape index (κ1) is 31.1. The van der Waals surface area contributed by atoms with Gasteiger partial charge in [0.1, 0.15) is 6.04 Å². The quantitative estimate of drug-likeness (QED) is 0.340. The molecule has 2 aliphatic rings. The molecule has 228 valence electrons. The first-order valence-electron chi connectivity index (χ1n) is 13.0. The number of nitrogens with one attached hydrogen (secondary N) is 2. The molecule has 4 N–H and O–H groups in total. The lowest BCUT2D eigenvalue weighted by atomic mass is 9.91. The molecule has 1 unspecified atom stereocenters. The van der Waals surface area contributed by atoms with Crippen LogP contribution in [-0.2, 0) is 16.9 Å². The number of halogens is 6. The van der Waals surface area contributed by atoms with Crippen LogP contribution in [0.3, 0.4) is 0 Å². The van der Waals surface area contributed by atoms with Crippen LogP contribution in [0.15, 0.2) is 48.5 Å². The molecule has 42 heavy (non-hydrogen) atoms. The van der Waals surface area contributed by atoms with Gasteiger partial charge < -0.3 is 25.7 Å². The van der Waals surface area contributed by atoms with Gasteiger partial charge in [0.15, 0.2) is 0 Å². The molecule has 0 spiro atoms. The normalized spacial score (nSPS) is 18.5. The summed E-state index contributed by atoms with van der Waals surface area (Å²) >= 11 is 0. The Kier molecular flexibility index (Phi) is 8.73. The van der Waals surface area contributed by atoms with Gasteiger partial charge >= 0.3 is 24.4 Å². The van der Waals surface area contributed by atoms with E-state index in [9.17, 15) is 50.9 Å².